The number of carbonyl (C=O) groups is 1. The molecule has 32 heavy (non-hydrogen) atoms. The van der Waals surface area contributed by atoms with Crippen LogP contribution in [0, 0.1) is 11.3 Å². The molecule has 4 aromatic rings. The highest BCUT2D eigenvalue weighted by atomic mass is 35.5. The summed E-state index contributed by atoms with van der Waals surface area (Å²) in [7, 11) is 1.62. The maximum Gasteiger partial charge on any atom is 0.234 e. The van der Waals surface area contributed by atoms with E-state index in [1.807, 2.05) is 48.5 Å². The fourth-order valence-corrected chi connectivity index (χ4v) is 4.20. The first-order valence-corrected chi connectivity index (χ1v) is 11.1. The highest BCUT2D eigenvalue weighted by Gasteiger charge is 2.12. The second kappa shape index (κ2) is 9.73. The van der Waals surface area contributed by atoms with Crippen molar-refractivity contribution in [1.29, 1.82) is 5.26 Å². The number of halogens is 1. The van der Waals surface area contributed by atoms with Gasteiger partial charge in [-0.3, -0.25) is 4.79 Å². The van der Waals surface area contributed by atoms with Gasteiger partial charge in [0.15, 0.2) is 0 Å². The Hall–Kier alpha value is -3.53. The predicted octanol–water partition coefficient (Wildman–Crippen LogP) is 6.17. The molecule has 3 aromatic carbocycles. The van der Waals surface area contributed by atoms with E-state index in [2.05, 4.69) is 17.4 Å². The molecule has 1 N–H and O–H groups in total. The molecule has 1 amide bonds. The minimum absolute atomic E-state index is 0.175. The SMILES string of the molecule is COc1ccc2c(-c3ccccc3)cc(SCC(=O)Nc3ccc(C#N)c(Cl)c3)nc2c1. The zero-order valence-corrected chi connectivity index (χ0v) is 18.7. The maximum atomic E-state index is 12.5. The van der Waals surface area contributed by atoms with Crippen LogP contribution in [0.1, 0.15) is 5.56 Å². The lowest BCUT2D eigenvalue weighted by Gasteiger charge is -2.11. The van der Waals surface area contributed by atoms with E-state index in [1.54, 1.807) is 25.3 Å². The Bertz CT molecular complexity index is 1340. The number of ether oxygens (including phenoxy) is 1. The van der Waals surface area contributed by atoms with Gasteiger partial charge in [-0.2, -0.15) is 5.26 Å². The van der Waals surface area contributed by atoms with Crippen molar-refractivity contribution in [2.45, 2.75) is 5.03 Å². The number of carbonyl (C=O) groups excluding carboxylic acids is 1. The predicted molar refractivity (Wildman–Crippen MR) is 129 cm³/mol. The van der Waals surface area contributed by atoms with Gasteiger partial charge < -0.3 is 10.1 Å². The number of benzene rings is 3. The van der Waals surface area contributed by atoms with Crippen LogP contribution >= 0.6 is 23.4 Å². The highest BCUT2D eigenvalue weighted by Crippen LogP contribution is 2.33. The summed E-state index contributed by atoms with van der Waals surface area (Å²) in [5, 5.41) is 13.8. The lowest BCUT2D eigenvalue weighted by atomic mass is 10.0. The Balaban J connectivity index is 1.58. The number of nitrogens with zero attached hydrogens (tertiary/aromatic N) is 2. The van der Waals surface area contributed by atoms with Crippen molar-refractivity contribution in [3.8, 4) is 22.9 Å². The van der Waals surface area contributed by atoms with Gasteiger partial charge in [-0.05, 0) is 47.5 Å². The van der Waals surface area contributed by atoms with E-state index >= 15 is 0 Å². The first-order valence-electron chi connectivity index (χ1n) is 9.74. The third-order valence-corrected chi connectivity index (χ3v) is 6.03. The van der Waals surface area contributed by atoms with Crippen molar-refractivity contribution in [3.63, 3.8) is 0 Å². The number of methoxy groups -OCH3 is 1. The van der Waals surface area contributed by atoms with Crippen LogP contribution < -0.4 is 10.1 Å². The topological polar surface area (TPSA) is 75.0 Å². The average Bonchev–Trinajstić information content (AvgIpc) is 2.82. The minimum atomic E-state index is -0.190. The van der Waals surface area contributed by atoms with Gasteiger partial charge in [0, 0.05) is 17.1 Å². The molecule has 0 aliphatic heterocycles. The summed E-state index contributed by atoms with van der Waals surface area (Å²) in [6.45, 7) is 0. The number of rotatable bonds is 6. The van der Waals surface area contributed by atoms with Crippen LogP contribution in [0.2, 0.25) is 5.02 Å². The molecule has 0 fully saturated rings. The molecule has 0 radical (unpaired) electrons. The van der Waals surface area contributed by atoms with Gasteiger partial charge in [0.05, 0.1) is 34.0 Å². The van der Waals surface area contributed by atoms with Crippen molar-refractivity contribution in [3.05, 3.63) is 83.4 Å². The van der Waals surface area contributed by atoms with Gasteiger partial charge >= 0.3 is 0 Å². The summed E-state index contributed by atoms with van der Waals surface area (Å²) in [6.07, 6.45) is 0. The summed E-state index contributed by atoms with van der Waals surface area (Å²) >= 11 is 7.39. The summed E-state index contributed by atoms with van der Waals surface area (Å²) in [5.41, 5.74) is 3.82. The molecular weight excluding hydrogens is 442 g/mol. The second-order valence-electron chi connectivity index (χ2n) is 6.90. The Labute approximate surface area is 195 Å². The molecule has 4 rings (SSSR count). The number of nitriles is 1. The zero-order valence-electron chi connectivity index (χ0n) is 17.1. The van der Waals surface area contributed by atoms with Crippen LogP contribution in [0.3, 0.4) is 0 Å². The Morgan fingerprint density at radius 1 is 1.12 bits per heavy atom. The van der Waals surface area contributed by atoms with Crippen LogP contribution in [0.5, 0.6) is 5.75 Å². The van der Waals surface area contributed by atoms with Crippen molar-refractivity contribution in [1.82, 2.24) is 4.98 Å². The van der Waals surface area contributed by atoms with Gasteiger partial charge in [0.1, 0.15) is 11.8 Å². The number of amides is 1. The van der Waals surface area contributed by atoms with Crippen molar-refractivity contribution >= 4 is 45.9 Å². The van der Waals surface area contributed by atoms with E-state index in [0.717, 1.165) is 32.8 Å². The molecule has 0 aliphatic carbocycles. The van der Waals surface area contributed by atoms with E-state index in [0.29, 0.717) is 16.3 Å². The summed E-state index contributed by atoms with van der Waals surface area (Å²) in [6, 6.07) is 24.7. The molecule has 1 heterocycles. The zero-order chi connectivity index (χ0) is 22.5. The smallest absolute Gasteiger partial charge is 0.234 e. The molecule has 0 spiro atoms. The Morgan fingerprint density at radius 3 is 2.66 bits per heavy atom. The van der Waals surface area contributed by atoms with Gasteiger partial charge in [-0.15, -0.1) is 0 Å². The number of thioether (sulfide) groups is 1. The first-order chi connectivity index (χ1) is 15.6. The fourth-order valence-electron chi connectivity index (χ4n) is 3.26. The normalized spacial score (nSPS) is 10.5. The van der Waals surface area contributed by atoms with E-state index in [4.69, 9.17) is 26.6 Å². The number of hydrogen-bond donors (Lipinski definition) is 1. The fraction of sp³-hybridized carbons (Fsp3) is 0.0800. The van der Waals surface area contributed by atoms with Gasteiger partial charge in [-0.1, -0.05) is 53.7 Å². The molecule has 0 saturated heterocycles. The molecule has 5 nitrogen and oxygen atoms in total. The van der Waals surface area contributed by atoms with Crippen molar-refractivity contribution < 1.29 is 9.53 Å². The highest BCUT2D eigenvalue weighted by molar-refractivity contribution is 7.99. The number of fused-ring (bicyclic) bond motifs is 1. The Kier molecular flexibility index (Phi) is 6.60. The van der Waals surface area contributed by atoms with E-state index in [1.165, 1.54) is 11.8 Å². The molecule has 1 aromatic heterocycles. The Morgan fingerprint density at radius 2 is 1.94 bits per heavy atom. The average molecular weight is 460 g/mol. The lowest BCUT2D eigenvalue weighted by molar-refractivity contribution is -0.113. The first kappa shape index (κ1) is 21.7. The van der Waals surface area contributed by atoms with Gasteiger partial charge in [0.25, 0.3) is 0 Å². The van der Waals surface area contributed by atoms with Gasteiger partial charge in [-0.25, -0.2) is 4.98 Å². The maximum absolute atomic E-state index is 12.5. The number of hydrogen-bond acceptors (Lipinski definition) is 5. The summed E-state index contributed by atoms with van der Waals surface area (Å²) < 4.78 is 5.36. The van der Waals surface area contributed by atoms with Crippen molar-refractivity contribution in [2.24, 2.45) is 0 Å². The summed E-state index contributed by atoms with van der Waals surface area (Å²) in [5.74, 6) is 0.708. The molecule has 0 atom stereocenters. The largest absolute Gasteiger partial charge is 0.497 e. The third-order valence-electron chi connectivity index (χ3n) is 4.80. The monoisotopic (exact) mass is 459 g/mol. The molecule has 0 unspecified atom stereocenters. The summed E-state index contributed by atoms with van der Waals surface area (Å²) in [4.78, 5) is 17.2. The molecular formula is C25H18ClN3O2S. The molecule has 0 aliphatic rings. The van der Waals surface area contributed by atoms with E-state index in [9.17, 15) is 4.79 Å². The molecule has 158 valence electrons. The number of pyridine rings is 1. The van der Waals surface area contributed by atoms with Crippen LogP contribution in [-0.4, -0.2) is 23.8 Å². The number of aromatic nitrogens is 1. The van der Waals surface area contributed by atoms with Crippen LogP contribution in [0.25, 0.3) is 22.0 Å². The van der Waals surface area contributed by atoms with Crippen LogP contribution in [0.15, 0.2) is 77.8 Å². The second-order valence-corrected chi connectivity index (χ2v) is 8.30. The quantitative estimate of drug-likeness (QED) is 0.349. The number of anilines is 1. The standard InChI is InChI=1S/C25H18ClN3O2S/c1-31-19-9-10-20-21(16-5-3-2-4-6-16)13-25(29-23(20)12-19)32-15-24(30)28-18-8-7-17(14-27)22(26)11-18/h2-13H,15H2,1H3,(H,28,30). The van der Waals surface area contributed by atoms with Gasteiger partial charge in [0.2, 0.25) is 5.91 Å². The third kappa shape index (κ3) is 4.86. The molecule has 0 bridgehead atoms. The van der Waals surface area contributed by atoms with E-state index in [-0.39, 0.29) is 11.7 Å². The lowest BCUT2D eigenvalue weighted by Crippen LogP contribution is -2.14. The minimum Gasteiger partial charge on any atom is -0.497 e. The molecule has 0 saturated carbocycles. The van der Waals surface area contributed by atoms with Crippen molar-refractivity contribution in [2.75, 3.05) is 18.2 Å². The van der Waals surface area contributed by atoms with E-state index < -0.39 is 0 Å². The van der Waals surface area contributed by atoms with Crippen LogP contribution in [0.4, 0.5) is 5.69 Å². The van der Waals surface area contributed by atoms with Crippen LogP contribution in [-0.2, 0) is 4.79 Å². The number of nitrogens with one attached hydrogen (secondary N) is 1. The molecule has 7 heteroatoms.